The monoisotopic (exact) mass is 212 g/mol. The molecule has 0 fully saturated rings. The molecule has 12 heavy (non-hydrogen) atoms. The quantitative estimate of drug-likeness (QED) is 0.447. The van der Waals surface area contributed by atoms with Crippen molar-refractivity contribution in [2.45, 2.75) is 0 Å². The molecule has 0 aromatic heterocycles. The zero-order valence-electron chi connectivity index (χ0n) is 6.91. The summed E-state index contributed by atoms with van der Waals surface area (Å²) in [7, 11) is 0. The van der Waals surface area contributed by atoms with Crippen molar-refractivity contribution in [1.82, 2.24) is 10.6 Å². The van der Waals surface area contributed by atoms with Crippen LogP contribution in [-0.2, 0) is 4.79 Å². The van der Waals surface area contributed by atoms with Crippen LogP contribution in [0.4, 0.5) is 0 Å². The summed E-state index contributed by atoms with van der Waals surface area (Å²) in [6.07, 6.45) is 0. The topological polar surface area (TPSA) is 41.1 Å². The fraction of sp³-hybridized carbons (Fsp3) is 0.857. The van der Waals surface area contributed by atoms with Crippen molar-refractivity contribution in [3.8, 4) is 0 Å². The summed E-state index contributed by atoms with van der Waals surface area (Å²) in [4.78, 5) is 11.0. The number of carbonyl (C=O) groups excluding carboxylic acids is 1. The smallest absolute Gasteiger partial charge is 0.160 e. The van der Waals surface area contributed by atoms with Crippen LogP contribution in [0.5, 0.6) is 0 Å². The van der Waals surface area contributed by atoms with Crippen molar-refractivity contribution in [3.63, 3.8) is 0 Å². The van der Waals surface area contributed by atoms with Gasteiger partial charge in [-0.3, -0.25) is 4.79 Å². The largest absolute Gasteiger partial charge is 0.309 e. The Labute approximate surface area is 82.8 Å². The van der Waals surface area contributed by atoms with Crippen molar-refractivity contribution >= 4 is 29.0 Å². The van der Waals surface area contributed by atoms with Gasteiger partial charge in [0.2, 0.25) is 0 Å². The molecule has 5 heteroatoms. The van der Waals surface area contributed by atoms with Gasteiger partial charge in [0.15, 0.2) is 5.78 Å². The Kier molecular flexibility index (Phi) is 9.39. The predicted octanol–water partition coefficient (Wildman–Crippen LogP) is 0.212. The summed E-state index contributed by atoms with van der Waals surface area (Å²) in [6.45, 7) is 2.09. The summed E-state index contributed by atoms with van der Waals surface area (Å²) >= 11 is 10.8. The molecule has 0 saturated carbocycles. The van der Waals surface area contributed by atoms with Gasteiger partial charge in [-0.25, -0.2) is 0 Å². The predicted molar refractivity (Wildman–Crippen MR) is 52.2 cm³/mol. The van der Waals surface area contributed by atoms with Crippen LogP contribution in [0.2, 0.25) is 0 Å². The Hall–Kier alpha value is 0.170. The zero-order chi connectivity index (χ0) is 9.23. The van der Waals surface area contributed by atoms with Crippen LogP contribution in [0, 0.1) is 0 Å². The van der Waals surface area contributed by atoms with Gasteiger partial charge in [0.1, 0.15) is 0 Å². The summed E-state index contributed by atoms with van der Waals surface area (Å²) in [6, 6.07) is 0. The molecule has 0 radical (unpaired) electrons. The molecule has 0 aromatic carbocycles. The summed E-state index contributed by atoms with van der Waals surface area (Å²) < 4.78 is 0. The van der Waals surface area contributed by atoms with Gasteiger partial charge in [-0.1, -0.05) is 0 Å². The number of hydrogen-bond donors (Lipinski definition) is 2. The van der Waals surface area contributed by atoms with Crippen LogP contribution in [0.1, 0.15) is 0 Å². The van der Waals surface area contributed by atoms with E-state index in [-0.39, 0.29) is 5.78 Å². The second-order valence-electron chi connectivity index (χ2n) is 2.27. The second-order valence-corrected chi connectivity index (χ2v) is 3.03. The summed E-state index contributed by atoms with van der Waals surface area (Å²) in [5.41, 5.74) is 0. The first-order chi connectivity index (χ1) is 5.81. The highest BCUT2D eigenvalue weighted by atomic mass is 35.5. The molecule has 0 aliphatic heterocycles. The van der Waals surface area contributed by atoms with Crippen LogP contribution >= 0.6 is 23.2 Å². The van der Waals surface area contributed by atoms with E-state index in [0.717, 1.165) is 0 Å². The van der Waals surface area contributed by atoms with E-state index in [0.29, 0.717) is 37.9 Å². The molecule has 0 heterocycles. The molecule has 0 saturated heterocycles. The van der Waals surface area contributed by atoms with E-state index in [1.165, 1.54) is 0 Å². The third kappa shape index (κ3) is 8.27. The molecule has 0 atom stereocenters. The molecule has 0 spiro atoms. The highest BCUT2D eigenvalue weighted by Gasteiger charge is 1.98. The fourth-order valence-electron chi connectivity index (χ4n) is 0.652. The highest BCUT2D eigenvalue weighted by molar-refractivity contribution is 6.18. The maximum atomic E-state index is 11.0. The number of hydrogen-bond acceptors (Lipinski definition) is 3. The lowest BCUT2D eigenvalue weighted by atomic mass is 10.4. The standard InChI is InChI=1S/C7H14Cl2N2O/c8-1-3-10-5-7(12)6-11-4-2-9/h10-11H,1-6H2. The maximum Gasteiger partial charge on any atom is 0.160 e. The van der Waals surface area contributed by atoms with Gasteiger partial charge < -0.3 is 10.6 Å². The van der Waals surface area contributed by atoms with E-state index in [2.05, 4.69) is 10.6 Å². The molecule has 0 aliphatic rings. The number of ketones is 1. The molecule has 72 valence electrons. The normalized spacial score (nSPS) is 10.2. The van der Waals surface area contributed by atoms with Crippen molar-refractivity contribution in [1.29, 1.82) is 0 Å². The minimum absolute atomic E-state index is 0.130. The molecule has 0 rings (SSSR count). The number of Topliss-reactive ketones (excluding diaryl/α,β-unsaturated/α-hetero) is 1. The lowest BCUT2D eigenvalue weighted by Crippen LogP contribution is -2.33. The van der Waals surface area contributed by atoms with Crippen molar-refractivity contribution in [2.24, 2.45) is 0 Å². The lowest BCUT2D eigenvalue weighted by Gasteiger charge is -2.02. The highest BCUT2D eigenvalue weighted by Crippen LogP contribution is 1.73. The first kappa shape index (κ1) is 12.2. The molecule has 0 aromatic rings. The van der Waals surface area contributed by atoms with E-state index >= 15 is 0 Å². The molecule has 2 N–H and O–H groups in total. The van der Waals surface area contributed by atoms with E-state index in [9.17, 15) is 4.79 Å². The van der Waals surface area contributed by atoms with Gasteiger partial charge in [0, 0.05) is 24.8 Å². The van der Waals surface area contributed by atoms with Crippen molar-refractivity contribution in [3.05, 3.63) is 0 Å². The average Bonchev–Trinajstić information content (AvgIpc) is 2.06. The van der Waals surface area contributed by atoms with E-state index in [1.807, 2.05) is 0 Å². The molecule has 0 aliphatic carbocycles. The summed E-state index contributed by atoms with van der Waals surface area (Å²) in [5, 5.41) is 5.81. The first-order valence-electron chi connectivity index (χ1n) is 3.86. The van der Waals surface area contributed by atoms with Crippen LogP contribution < -0.4 is 10.6 Å². The van der Waals surface area contributed by atoms with Crippen LogP contribution in [-0.4, -0.2) is 43.7 Å². The van der Waals surface area contributed by atoms with Gasteiger partial charge in [0.05, 0.1) is 13.1 Å². The number of rotatable bonds is 8. The minimum atomic E-state index is 0.130. The zero-order valence-corrected chi connectivity index (χ0v) is 8.42. The molecule has 0 amide bonds. The number of nitrogens with one attached hydrogen (secondary N) is 2. The Morgan fingerprint density at radius 3 is 1.75 bits per heavy atom. The van der Waals surface area contributed by atoms with E-state index in [4.69, 9.17) is 23.2 Å². The molecule has 0 bridgehead atoms. The van der Waals surface area contributed by atoms with Crippen molar-refractivity contribution in [2.75, 3.05) is 37.9 Å². The SMILES string of the molecule is O=C(CNCCCl)CNCCCl. The lowest BCUT2D eigenvalue weighted by molar-refractivity contribution is -0.117. The fourth-order valence-corrected chi connectivity index (χ4v) is 0.919. The van der Waals surface area contributed by atoms with Gasteiger partial charge in [-0.2, -0.15) is 0 Å². The van der Waals surface area contributed by atoms with Crippen molar-refractivity contribution < 1.29 is 4.79 Å². The Bertz CT molecular complexity index is 110. The number of carbonyl (C=O) groups is 1. The first-order valence-corrected chi connectivity index (χ1v) is 4.93. The van der Waals surface area contributed by atoms with Crippen LogP contribution in [0.25, 0.3) is 0 Å². The van der Waals surface area contributed by atoms with Gasteiger partial charge >= 0.3 is 0 Å². The Balaban J connectivity index is 3.10. The number of alkyl halides is 2. The number of halogens is 2. The van der Waals surface area contributed by atoms with Crippen LogP contribution in [0.3, 0.4) is 0 Å². The molecule has 3 nitrogen and oxygen atoms in total. The van der Waals surface area contributed by atoms with E-state index < -0.39 is 0 Å². The third-order valence-corrected chi connectivity index (χ3v) is 1.56. The minimum Gasteiger partial charge on any atom is -0.309 e. The Morgan fingerprint density at radius 1 is 1.00 bits per heavy atom. The molecule has 0 unspecified atom stereocenters. The van der Waals surface area contributed by atoms with Crippen LogP contribution in [0.15, 0.2) is 0 Å². The maximum absolute atomic E-state index is 11.0. The molecular weight excluding hydrogens is 199 g/mol. The van der Waals surface area contributed by atoms with E-state index in [1.54, 1.807) is 0 Å². The second kappa shape index (κ2) is 9.26. The summed E-state index contributed by atoms with van der Waals surface area (Å²) in [5.74, 6) is 1.19. The third-order valence-electron chi connectivity index (χ3n) is 1.19. The van der Waals surface area contributed by atoms with Gasteiger partial charge in [-0.05, 0) is 0 Å². The van der Waals surface area contributed by atoms with Gasteiger partial charge in [-0.15, -0.1) is 23.2 Å². The van der Waals surface area contributed by atoms with Gasteiger partial charge in [0.25, 0.3) is 0 Å². The molecular formula is C7H14Cl2N2O. The average molecular weight is 213 g/mol. The Morgan fingerprint density at radius 2 is 1.42 bits per heavy atom.